The first-order valence-electron chi connectivity index (χ1n) is 11.4. The molecule has 3 N–H and O–H groups in total. The summed E-state index contributed by atoms with van der Waals surface area (Å²) in [5.74, 6) is 0.270. The number of rotatable bonds is 7. The average Bonchev–Trinajstić information content (AvgIpc) is 3.59. The van der Waals surface area contributed by atoms with E-state index in [4.69, 9.17) is 30.5 Å². The lowest BCUT2D eigenvalue weighted by molar-refractivity contribution is 0.00706. The molecule has 12 heteroatoms. The first kappa shape index (κ1) is 22.7. The Morgan fingerprint density at radius 2 is 2.06 bits per heavy atom. The fourth-order valence-corrected chi connectivity index (χ4v) is 5.18. The average molecular weight is 509 g/mol. The third-order valence-electron chi connectivity index (χ3n) is 6.55. The number of aromatic amines is 1. The molecule has 186 valence electrons. The van der Waals surface area contributed by atoms with Crippen molar-refractivity contribution in [1.82, 2.24) is 15.0 Å². The monoisotopic (exact) mass is 508 g/mol. The maximum absolute atomic E-state index is 14.9. The van der Waals surface area contributed by atoms with Crippen LogP contribution in [-0.4, -0.2) is 71.0 Å². The zero-order valence-electron chi connectivity index (χ0n) is 18.5. The van der Waals surface area contributed by atoms with Crippen LogP contribution in [-0.2, 0) is 15.9 Å². The summed E-state index contributed by atoms with van der Waals surface area (Å²) in [5.41, 5.74) is 2.28. The van der Waals surface area contributed by atoms with E-state index >= 15 is 0 Å². The topological polar surface area (TPSA) is 111 Å². The number of aliphatic hydroxyl groups excluding tert-OH is 1. The number of fused-ring (bicyclic) bond motifs is 3. The Morgan fingerprint density at radius 1 is 1.20 bits per heavy atom. The lowest BCUT2D eigenvalue weighted by Crippen LogP contribution is -2.34. The van der Waals surface area contributed by atoms with Gasteiger partial charge < -0.3 is 34.4 Å². The van der Waals surface area contributed by atoms with Gasteiger partial charge in [-0.25, -0.2) is 13.8 Å². The number of pyridine rings is 1. The fraction of sp³-hybridized carbons (Fsp3) is 0.478. The first-order valence-corrected chi connectivity index (χ1v) is 11.8. The summed E-state index contributed by atoms with van der Waals surface area (Å²) in [6.07, 6.45) is -0.582. The second-order valence-electron chi connectivity index (χ2n) is 8.80. The van der Waals surface area contributed by atoms with Crippen molar-refractivity contribution in [2.45, 2.75) is 43.3 Å². The lowest BCUT2D eigenvalue weighted by Gasteiger charge is -2.17. The van der Waals surface area contributed by atoms with E-state index in [9.17, 15) is 13.9 Å². The number of halogens is 3. The molecule has 1 aromatic carbocycles. The molecule has 9 nitrogen and oxygen atoms in total. The zero-order chi connectivity index (χ0) is 24.1. The number of nitrogens with zero attached hydrogens (tertiary/aromatic N) is 2. The lowest BCUT2D eigenvalue weighted by atomic mass is 10.1. The number of benzene rings is 1. The van der Waals surface area contributed by atoms with Crippen LogP contribution < -0.4 is 14.8 Å². The fourth-order valence-electron chi connectivity index (χ4n) is 4.98. The molecule has 2 aliphatic heterocycles. The van der Waals surface area contributed by atoms with Crippen LogP contribution in [0.15, 0.2) is 18.2 Å². The molecule has 1 aliphatic carbocycles. The van der Waals surface area contributed by atoms with Crippen LogP contribution in [0.3, 0.4) is 0 Å². The molecule has 2 fully saturated rings. The second-order valence-corrected chi connectivity index (χ2v) is 9.21. The van der Waals surface area contributed by atoms with Gasteiger partial charge in [0.2, 0.25) is 0 Å². The predicted octanol–water partition coefficient (Wildman–Crippen LogP) is 3.10. The molecule has 4 heterocycles. The summed E-state index contributed by atoms with van der Waals surface area (Å²) in [6, 6.07) is 4.59. The maximum Gasteiger partial charge on any atom is 0.296 e. The molecular weight excluding hydrogens is 486 g/mol. The smallest absolute Gasteiger partial charge is 0.296 e. The molecular formula is C23H23ClF2N4O5. The molecule has 35 heavy (non-hydrogen) atoms. The van der Waals surface area contributed by atoms with Crippen LogP contribution >= 0.6 is 11.6 Å². The van der Waals surface area contributed by atoms with Crippen molar-refractivity contribution in [2.24, 2.45) is 0 Å². The van der Waals surface area contributed by atoms with Crippen LogP contribution in [0.1, 0.15) is 23.6 Å². The molecule has 0 amide bonds. The summed E-state index contributed by atoms with van der Waals surface area (Å²) < 4.78 is 49.6. The van der Waals surface area contributed by atoms with Crippen molar-refractivity contribution < 1.29 is 32.8 Å². The highest BCUT2D eigenvalue weighted by molar-refractivity contribution is 6.33. The van der Waals surface area contributed by atoms with Crippen molar-refractivity contribution in [1.29, 1.82) is 0 Å². The van der Waals surface area contributed by atoms with E-state index in [-0.39, 0.29) is 38.0 Å². The Balaban J connectivity index is 1.20. The van der Waals surface area contributed by atoms with Gasteiger partial charge in [0.25, 0.3) is 6.01 Å². The van der Waals surface area contributed by atoms with Gasteiger partial charge in [0.05, 0.1) is 29.8 Å². The molecule has 0 spiro atoms. The molecule has 2 saturated heterocycles. The number of ether oxygens (including phenoxy) is 4. The summed E-state index contributed by atoms with van der Waals surface area (Å²) in [5, 5.41) is 13.5. The molecule has 3 aliphatic rings. The number of nitrogens with one attached hydrogen (secondary N) is 2. The molecule has 3 unspecified atom stereocenters. The molecule has 6 rings (SSSR count). The van der Waals surface area contributed by atoms with Gasteiger partial charge in [0, 0.05) is 11.6 Å². The van der Waals surface area contributed by atoms with Crippen LogP contribution in [0.5, 0.6) is 11.8 Å². The minimum atomic E-state index is -0.668. The molecule has 5 atom stereocenters. The SMILES string of the molecule is O[C@@H]1COC2C1OC[C@H]2Oc1nc2nc(NC3CCc4cc(OCCF)cc(F)c43)c(Cl)cc2[nH]1. The third-order valence-corrected chi connectivity index (χ3v) is 6.83. The minimum absolute atomic E-state index is 0.112. The number of hydrogen-bond acceptors (Lipinski definition) is 8. The minimum Gasteiger partial charge on any atom is -0.491 e. The highest BCUT2D eigenvalue weighted by atomic mass is 35.5. The summed E-state index contributed by atoms with van der Waals surface area (Å²) in [4.78, 5) is 12.0. The van der Waals surface area contributed by atoms with E-state index in [1.165, 1.54) is 6.07 Å². The van der Waals surface area contributed by atoms with Gasteiger partial charge in [-0.2, -0.15) is 4.98 Å². The van der Waals surface area contributed by atoms with Gasteiger partial charge in [-0.15, -0.1) is 0 Å². The Hall–Kier alpha value is -2.73. The van der Waals surface area contributed by atoms with E-state index in [0.717, 1.165) is 5.56 Å². The van der Waals surface area contributed by atoms with Crippen LogP contribution in [0.4, 0.5) is 14.6 Å². The molecule has 3 aromatic rings. The third kappa shape index (κ3) is 4.16. The van der Waals surface area contributed by atoms with Crippen LogP contribution in [0.2, 0.25) is 5.02 Å². The predicted molar refractivity (Wildman–Crippen MR) is 121 cm³/mol. The number of anilines is 1. The van der Waals surface area contributed by atoms with Gasteiger partial charge in [-0.3, -0.25) is 0 Å². The van der Waals surface area contributed by atoms with Crippen molar-refractivity contribution in [3.8, 4) is 11.8 Å². The number of imidazole rings is 1. The number of H-pyrrole nitrogens is 1. The van der Waals surface area contributed by atoms with Gasteiger partial charge in [-0.05, 0) is 30.5 Å². The molecule has 0 bridgehead atoms. The van der Waals surface area contributed by atoms with Crippen molar-refractivity contribution in [3.63, 3.8) is 0 Å². The van der Waals surface area contributed by atoms with Crippen LogP contribution in [0, 0.1) is 5.82 Å². The van der Waals surface area contributed by atoms with Crippen molar-refractivity contribution >= 4 is 28.6 Å². The summed E-state index contributed by atoms with van der Waals surface area (Å²) >= 11 is 6.47. The molecule has 0 saturated carbocycles. The molecule has 2 aromatic heterocycles. The number of aliphatic hydroxyl groups is 1. The van der Waals surface area contributed by atoms with E-state index in [2.05, 4.69) is 20.3 Å². The Morgan fingerprint density at radius 3 is 2.91 bits per heavy atom. The Kier molecular flexibility index (Phi) is 5.87. The number of aromatic nitrogens is 3. The van der Waals surface area contributed by atoms with E-state index in [1.807, 2.05) is 0 Å². The van der Waals surface area contributed by atoms with Gasteiger partial charge >= 0.3 is 0 Å². The number of aryl methyl sites for hydroxylation is 1. The summed E-state index contributed by atoms with van der Waals surface area (Å²) in [6.45, 7) is -0.267. The van der Waals surface area contributed by atoms with E-state index in [0.29, 0.717) is 46.2 Å². The van der Waals surface area contributed by atoms with E-state index in [1.54, 1.807) is 12.1 Å². The maximum atomic E-state index is 14.9. The molecule has 0 radical (unpaired) electrons. The summed E-state index contributed by atoms with van der Waals surface area (Å²) in [7, 11) is 0. The highest BCUT2D eigenvalue weighted by Crippen LogP contribution is 2.39. The number of hydrogen-bond donors (Lipinski definition) is 3. The standard InChI is InChI=1S/C23H23ClF2N4O5/c24-12-7-15-22(30-23(28-15)35-17-9-34-19-16(31)8-33-20(17)19)29-21(12)27-14-2-1-10-5-11(32-4-3-25)6-13(26)18(10)14/h5-7,14,16-17,19-20,31H,1-4,8-9H2,(H2,27,28,29,30)/t14?,16-,17-,19?,20?/m1/s1. The highest BCUT2D eigenvalue weighted by Gasteiger charge is 2.48. The normalized spacial score (nSPS) is 27.3. The van der Waals surface area contributed by atoms with Gasteiger partial charge in [-0.1, -0.05) is 11.6 Å². The van der Waals surface area contributed by atoms with Gasteiger partial charge in [0.15, 0.2) is 11.8 Å². The van der Waals surface area contributed by atoms with Gasteiger partial charge in [0.1, 0.15) is 49.0 Å². The first-order chi connectivity index (χ1) is 17.0. The van der Waals surface area contributed by atoms with Crippen LogP contribution in [0.25, 0.3) is 11.2 Å². The largest absolute Gasteiger partial charge is 0.491 e. The quantitative estimate of drug-likeness (QED) is 0.446. The van der Waals surface area contributed by atoms with E-state index < -0.39 is 30.8 Å². The zero-order valence-corrected chi connectivity index (χ0v) is 19.2. The number of alkyl halides is 1. The Labute approximate surface area is 203 Å². The van der Waals surface area contributed by atoms with Crippen molar-refractivity contribution in [3.05, 3.63) is 40.2 Å². The Bertz CT molecular complexity index is 1260. The van der Waals surface area contributed by atoms with Crippen molar-refractivity contribution in [2.75, 3.05) is 31.8 Å². The second kappa shape index (κ2) is 9.05.